The van der Waals surface area contributed by atoms with Crippen molar-refractivity contribution in [3.05, 3.63) is 0 Å². The lowest BCUT2D eigenvalue weighted by Gasteiger charge is -2.21. The molecule has 1 atom stereocenters. The molecule has 0 bridgehead atoms. The topological polar surface area (TPSA) is 92.7 Å². The van der Waals surface area contributed by atoms with Crippen LogP contribution in [0, 0.1) is 0 Å². The van der Waals surface area contributed by atoms with Gasteiger partial charge in [0.1, 0.15) is 17.9 Å². The molecular formula is C9H15NO5. The number of ether oxygens (including phenoxy) is 1. The van der Waals surface area contributed by atoms with Gasteiger partial charge in [-0.3, -0.25) is 0 Å². The van der Waals surface area contributed by atoms with Gasteiger partial charge in [0.05, 0.1) is 0 Å². The molecule has 15 heavy (non-hydrogen) atoms. The second kappa shape index (κ2) is 5.33. The van der Waals surface area contributed by atoms with Crippen molar-refractivity contribution in [1.82, 2.24) is 5.32 Å². The molecule has 0 spiro atoms. The molecule has 86 valence electrons. The van der Waals surface area contributed by atoms with Gasteiger partial charge < -0.3 is 20.0 Å². The molecule has 2 N–H and O–H groups in total. The van der Waals surface area contributed by atoms with Crippen molar-refractivity contribution >= 4 is 18.3 Å². The van der Waals surface area contributed by atoms with Gasteiger partial charge in [-0.05, 0) is 20.8 Å². The lowest BCUT2D eigenvalue weighted by Crippen LogP contribution is -2.43. The molecule has 6 heteroatoms. The maximum Gasteiger partial charge on any atom is 0.408 e. The van der Waals surface area contributed by atoms with Crippen LogP contribution in [0.2, 0.25) is 0 Å². The zero-order chi connectivity index (χ0) is 12.1. The van der Waals surface area contributed by atoms with Gasteiger partial charge >= 0.3 is 12.1 Å². The highest BCUT2D eigenvalue weighted by atomic mass is 16.6. The van der Waals surface area contributed by atoms with Crippen molar-refractivity contribution in [3.63, 3.8) is 0 Å². The molecule has 0 aromatic heterocycles. The van der Waals surface area contributed by atoms with Crippen LogP contribution in [0.3, 0.4) is 0 Å². The minimum absolute atomic E-state index is 0.283. The van der Waals surface area contributed by atoms with E-state index < -0.39 is 23.7 Å². The third-order valence-corrected chi connectivity index (χ3v) is 1.32. The fourth-order valence-electron chi connectivity index (χ4n) is 0.768. The Morgan fingerprint density at radius 2 is 2.00 bits per heavy atom. The van der Waals surface area contributed by atoms with Crippen LogP contribution in [-0.2, 0) is 14.3 Å². The van der Waals surface area contributed by atoms with E-state index in [1.807, 2.05) is 0 Å². The predicted octanol–water partition coefficient (Wildman–Crippen LogP) is 0.553. The lowest BCUT2D eigenvalue weighted by atomic mass is 10.2. The largest absolute Gasteiger partial charge is 0.480 e. The highest BCUT2D eigenvalue weighted by Gasteiger charge is 2.23. The fraction of sp³-hybridized carbons (Fsp3) is 0.667. The minimum atomic E-state index is -1.27. The van der Waals surface area contributed by atoms with Gasteiger partial charge in [0.2, 0.25) is 0 Å². The van der Waals surface area contributed by atoms with Gasteiger partial charge in [-0.25, -0.2) is 9.59 Å². The molecule has 1 amide bonds. The maximum atomic E-state index is 11.1. The summed E-state index contributed by atoms with van der Waals surface area (Å²) < 4.78 is 4.84. The van der Waals surface area contributed by atoms with E-state index in [2.05, 4.69) is 5.32 Å². The second-order valence-electron chi connectivity index (χ2n) is 3.94. The van der Waals surface area contributed by atoms with E-state index in [0.717, 1.165) is 0 Å². The smallest absolute Gasteiger partial charge is 0.408 e. The Labute approximate surface area is 87.6 Å². The molecule has 0 saturated heterocycles. The third kappa shape index (κ3) is 6.48. The van der Waals surface area contributed by atoms with Crippen LogP contribution in [0.15, 0.2) is 0 Å². The van der Waals surface area contributed by atoms with E-state index >= 15 is 0 Å². The zero-order valence-corrected chi connectivity index (χ0v) is 8.94. The number of nitrogens with one attached hydrogen (secondary N) is 1. The van der Waals surface area contributed by atoms with Crippen LogP contribution >= 0.6 is 0 Å². The molecule has 0 saturated carbocycles. The first-order chi connectivity index (χ1) is 6.76. The standard InChI is InChI=1S/C9H15NO5/c1-9(2,3)15-8(14)10-6(4-5-11)7(12)13/h5-6H,4H2,1-3H3,(H,10,14)(H,12,13). The van der Waals surface area contributed by atoms with E-state index in [1.165, 1.54) is 0 Å². The van der Waals surface area contributed by atoms with Crippen LogP contribution in [-0.4, -0.2) is 35.1 Å². The monoisotopic (exact) mass is 217 g/mol. The summed E-state index contributed by atoms with van der Waals surface area (Å²) in [7, 11) is 0. The summed E-state index contributed by atoms with van der Waals surface area (Å²) >= 11 is 0. The summed E-state index contributed by atoms with van der Waals surface area (Å²) in [6.45, 7) is 4.96. The lowest BCUT2D eigenvalue weighted by molar-refractivity contribution is -0.140. The van der Waals surface area contributed by atoms with Gasteiger partial charge in [-0.15, -0.1) is 0 Å². The van der Waals surface area contributed by atoms with E-state index in [9.17, 15) is 14.4 Å². The Balaban J connectivity index is 4.23. The summed E-state index contributed by atoms with van der Waals surface area (Å²) in [5.74, 6) is -1.27. The second-order valence-corrected chi connectivity index (χ2v) is 3.94. The zero-order valence-electron chi connectivity index (χ0n) is 8.94. The van der Waals surface area contributed by atoms with Crippen molar-refractivity contribution in [2.24, 2.45) is 0 Å². The number of alkyl carbamates (subject to hydrolysis) is 1. The summed E-state index contributed by atoms with van der Waals surface area (Å²) in [4.78, 5) is 31.8. The minimum Gasteiger partial charge on any atom is -0.480 e. The summed E-state index contributed by atoms with van der Waals surface area (Å²) in [6, 6.07) is -1.24. The van der Waals surface area contributed by atoms with E-state index in [0.29, 0.717) is 6.29 Å². The first-order valence-corrected chi connectivity index (χ1v) is 4.42. The van der Waals surface area contributed by atoms with Crippen molar-refractivity contribution in [1.29, 1.82) is 0 Å². The van der Waals surface area contributed by atoms with Crippen molar-refractivity contribution in [2.45, 2.75) is 38.8 Å². The van der Waals surface area contributed by atoms with Gasteiger partial charge in [0.15, 0.2) is 0 Å². The predicted molar refractivity (Wildman–Crippen MR) is 51.5 cm³/mol. The highest BCUT2D eigenvalue weighted by Crippen LogP contribution is 2.06. The molecule has 0 radical (unpaired) electrons. The van der Waals surface area contributed by atoms with Crippen molar-refractivity contribution in [2.75, 3.05) is 0 Å². The summed E-state index contributed by atoms with van der Waals surface area (Å²) in [5, 5.41) is 10.7. The van der Waals surface area contributed by atoms with E-state index in [4.69, 9.17) is 9.84 Å². The summed E-state index contributed by atoms with van der Waals surface area (Å²) in [6.07, 6.45) is -0.707. The van der Waals surface area contributed by atoms with Gasteiger partial charge in [0.25, 0.3) is 0 Å². The van der Waals surface area contributed by atoms with Gasteiger partial charge in [0, 0.05) is 6.42 Å². The SMILES string of the molecule is CC(C)(C)OC(=O)NC(CC=O)C(=O)O. The Kier molecular flexibility index (Phi) is 4.77. The number of carbonyl (C=O) groups is 3. The Morgan fingerprint density at radius 1 is 1.47 bits per heavy atom. The van der Waals surface area contributed by atoms with Crippen LogP contribution in [0.1, 0.15) is 27.2 Å². The first-order valence-electron chi connectivity index (χ1n) is 4.42. The van der Waals surface area contributed by atoms with Crippen molar-refractivity contribution in [3.8, 4) is 0 Å². The summed E-state index contributed by atoms with van der Waals surface area (Å²) in [5.41, 5.74) is -0.700. The quantitative estimate of drug-likeness (QED) is 0.671. The Hall–Kier alpha value is -1.59. The molecule has 0 heterocycles. The number of aldehydes is 1. The number of hydrogen-bond donors (Lipinski definition) is 2. The Morgan fingerprint density at radius 3 is 2.33 bits per heavy atom. The normalized spacial score (nSPS) is 12.7. The number of carboxylic acids is 1. The average Bonchev–Trinajstić information content (AvgIpc) is 1.99. The third-order valence-electron chi connectivity index (χ3n) is 1.32. The molecule has 0 rings (SSSR count). The van der Waals surface area contributed by atoms with Crippen molar-refractivity contribution < 1.29 is 24.2 Å². The molecule has 0 aliphatic carbocycles. The Bertz CT molecular complexity index is 256. The fourth-order valence-corrected chi connectivity index (χ4v) is 0.768. The molecule has 6 nitrogen and oxygen atoms in total. The molecule has 0 aliphatic rings. The van der Waals surface area contributed by atoms with Crippen LogP contribution in [0.25, 0.3) is 0 Å². The number of hydrogen-bond acceptors (Lipinski definition) is 4. The van der Waals surface area contributed by atoms with Crippen LogP contribution < -0.4 is 5.32 Å². The van der Waals surface area contributed by atoms with Crippen LogP contribution in [0.5, 0.6) is 0 Å². The van der Waals surface area contributed by atoms with E-state index in [-0.39, 0.29) is 6.42 Å². The highest BCUT2D eigenvalue weighted by molar-refractivity contribution is 5.82. The number of aliphatic carboxylic acids is 1. The number of amides is 1. The molecular weight excluding hydrogens is 202 g/mol. The average molecular weight is 217 g/mol. The van der Waals surface area contributed by atoms with E-state index in [1.54, 1.807) is 20.8 Å². The number of rotatable bonds is 4. The molecule has 0 aromatic rings. The molecule has 0 fully saturated rings. The first kappa shape index (κ1) is 13.4. The molecule has 1 unspecified atom stereocenters. The van der Waals surface area contributed by atoms with Crippen LogP contribution in [0.4, 0.5) is 4.79 Å². The maximum absolute atomic E-state index is 11.1. The van der Waals surface area contributed by atoms with Gasteiger partial charge in [-0.1, -0.05) is 0 Å². The molecule has 0 aromatic carbocycles. The number of carboxylic acid groups (broad SMARTS) is 1. The number of carbonyl (C=O) groups excluding carboxylic acids is 2. The molecule has 0 aliphatic heterocycles. The van der Waals surface area contributed by atoms with Gasteiger partial charge in [-0.2, -0.15) is 0 Å².